The fourth-order valence-electron chi connectivity index (χ4n) is 1.45. The molecule has 0 atom stereocenters. The predicted molar refractivity (Wildman–Crippen MR) is 70.8 cm³/mol. The first-order valence-electron chi connectivity index (χ1n) is 5.55. The molecule has 0 saturated heterocycles. The Morgan fingerprint density at radius 3 is 2.50 bits per heavy atom. The molecule has 2 aromatic rings. The summed E-state index contributed by atoms with van der Waals surface area (Å²) in [6, 6.07) is 7.39. The van der Waals surface area contributed by atoms with Crippen molar-refractivity contribution in [3.05, 3.63) is 42.1 Å². The van der Waals surface area contributed by atoms with Crippen molar-refractivity contribution in [2.24, 2.45) is 0 Å². The third kappa shape index (κ3) is 3.36. The maximum absolute atomic E-state index is 12.4. The van der Waals surface area contributed by atoms with E-state index in [1.165, 1.54) is 24.9 Å². The Hall–Kier alpha value is -1.89. The highest BCUT2D eigenvalue weighted by atomic mass is 32.2. The Morgan fingerprint density at radius 2 is 1.95 bits per heavy atom. The van der Waals surface area contributed by atoms with Gasteiger partial charge in [-0.15, -0.1) is 0 Å². The summed E-state index contributed by atoms with van der Waals surface area (Å²) < 4.78 is 42.4. The van der Waals surface area contributed by atoms with E-state index in [0.29, 0.717) is 21.4 Å². The summed E-state index contributed by atoms with van der Waals surface area (Å²) in [5.41, 5.74) is 5.54. The second-order valence-electron chi connectivity index (χ2n) is 3.89. The molecule has 1 heterocycles. The molecule has 0 fully saturated rings. The Balaban J connectivity index is 2.22. The predicted octanol–water partition coefficient (Wildman–Crippen LogP) is 3.84. The molecule has 0 spiro atoms. The van der Waals surface area contributed by atoms with Crippen molar-refractivity contribution in [2.45, 2.75) is 16.1 Å². The van der Waals surface area contributed by atoms with Gasteiger partial charge < -0.3 is 10.5 Å². The number of ether oxygens (including phenoxy) is 1. The first-order valence-corrected chi connectivity index (χ1v) is 6.36. The number of nitrogens with two attached hydrogens (primary N) is 1. The topological polar surface area (TPSA) is 48.1 Å². The number of nitrogen functional groups attached to an aromatic ring is 1. The van der Waals surface area contributed by atoms with Crippen LogP contribution in [0.5, 0.6) is 5.75 Å². The molecule has 106 valence electrons. The molecule has 20 heavy (non-hydrogen) atoms. The van der Waals surface area contributed by atoms with Gasteiger partial charge >= 0.3 is 6.18 Å². The smallest absolute Gasteiger partial charge is 0.417 e. The molecule has 0 bridgehead atoms. The van der Waals surface area contributed by atoms with Gasteiger partial charge in [0.05, 0.1) is 12.7 Å². The van der Waals surface area contributed by atoms with E-state index in [-0.39, 0.29) is 0 Å². The van der Waals surface area contributed by atoms with Crippen molar-refractivity contribution in [2.75, 3.05) is 12.8 Å². The molecule has 0 aliphatic carbocycles. The SMILES string of the molecule is COc1ccc(N)c(Sc2ccc(C(F)(F)F)cn2)c1. The highest BCUT2D eigenvalue weighted by molar-refractivity contribution is 7.99. The van der Waals surface area contributed by atoms with Crippen molar-refractivity contribution in [3.63, 3.8) is 0 Å². The number of halogens is 3. The summed E-state index contributed by atoms with van der Waals surface area (Å²) in [4.78, 5) is 4.46. The Bertz CT molecular complexity index is 600. The van der Waals surface area contributed by atoms with Crippen LogP contribution < -0.4 is 10.5 Å². The summed E-state index contributed by atoms with van der Waals surface area (Å²) in [6.07, 6.45) is -3.58. The fourth-order valence-corrected chi connectivity index (χ4v) is 2.28. The number of alkyl halides is 3. The number of anilines is 1. The quantitative estimate of drug-likeness (QED) is 0.875. The van der Waals surface area contributed by atoms with Crippen molar-refractivity contribution in [3.8, 4) is 5.75 Å². The molecule has 0 amide bonds. The van der Waals surface area contributed by atoms with Gasteiger partial charge in [-0.1, -0.05) is 11.8 Å². The maximum Gasteiger partial charge on any atom is 0.417 e. The van der Waals surface area contributed by atoms with Crippen LogP contribution in [0.4, 0.5) is 18.9 Å². The van der Waals surface area contributed by atoms with E-state index in [1.807, 2.05) is 0 Å². The van der Waals surface area contributed by atoms with Crippen LogP contribution in [-0.2, 0) is 6.18 Å². The van der Waals surface area contributed by atoms with Crippen LogP contribution in [-0.4, -0.2) is 12.1 Å². The lowest BCUT2D eigenvalue weighted by Crippen LogP contribution is -2.05. The van der Waals surface area contributed by atoms with Crippen LogP contribution in [0.2, 0.25) is 0 Å². The van der Waals surface area contributed by atoms with E-state index in [4.69, 9.17) is 10.5 Å². The van der Waals surface area contributed by atoms with Gasteiger partial charge in [-0.2, -0.15) is 13.2 Å². The highest BCUT2D eigenvalue weighted by Gasteiger charge is 2.30. The summed E-state index contributed by atoms with van der Waals surface area (Å²) in [5, 5.41) is 0.429. The monoisotopic (exact) mass is 300 g/mol. The molecule has 0 aliphatic rings. The van der Waals surface area contributed by atoms with Gasteiger partial charge in [0.2, 0.25) is 0 Å². The normalized spacial score (nSPS) is 11.4. The minimum Gasteiger partial charge on any atom is -0.497 e. The number of rotatable bonds is 3. The van der Waals surface area contributed by atoms with Crippen LogP contribution in [0.25, 0.3) is 0 Å². The van der Waals surface area contributed by atoms with E-state index < -0.39 is 11.7 Å². The highest BCUT2D eigenvalue weighted by Crippen LogP contribution is 2.35. The molecule has 0 saturated carbocycles. The van der Waals surface area contributed by atoms with Crippen molar-refractivity contribution in [1.82, 2.24) is 4.98 Å². The van der Waals surface area contributed by atoms with Crippen LogP contribution in [0.15, 0.2) is 46.5 Å². The van der Waals surface area contributed by atoms with Crippen LogP contribution in [0.1, 0.15) is 5.56 Å². The molecule has 1 aromatic carbocycles. The second-order valence-corrected chi connectivity index (χ2v) is 4.95. The van der Waals surface area contributed by atoms with Crippen molar-refractivity contribution in [1.29, 1.82) is 0 Å². The summed E-state index contributed by atoms with van der Waals surface area (Å²) in [5.74, 6) is 0.619. The molecule has 2 rings (SSSR count). The summed E-state index contributed by atoms with van der Waals surface area (Å²) >= 11 is 1.18. The zero-order chi connectivity index (χ0) is 14.8. The lowest BCUT2D eigenvalue weighted by Gasteiger charge is -2.09. The zero-order valence-electron chi connectivity index (χ0n) is 10.4. The van der Waals surface area contributed by atoms with E-state index >= 15 is 0 Å². The van der Waals surface area contributed by atoms with E-state index in [1.54, 1.807) is 18.2 Å². The number of benzene rings is 1. The first kappa shape index (κ1) is 14.5. The third-order valence-corrected chi connectivity index (χ3v) is 3.52. The van der Waals surface area contributed by atoms with Gasteiger partial charge in [0.25, 0.3) is 0 Å². The van der Waals surface area contributed by atoms with Gasteiger partial charge in [0, 0.05) is 16.8 Å². The number of nitrogens with zero attached hydrogens (tertiary/aromatic N) is 1. The largest absolute Gasteiger partial charge is 0.497 e. The lowest BCUT2D eigenvalue weighted by molar-refractivity contribution is -0.137. The average molecular weight is 300 g/mol. The zero-order valence-corrected chi connectivity index (χ0v) is 11.3. The van der Waals surface area contributed by atoms with Gasteiger partial charge in [0.15, 0.2) is 0 Å². The molecule has 3 nitrogen and oxygen atoms in total. The maximum atomic E-state index is 12.4. The average Bonchev–Trinajstić information content (AvgIpc) is 2.41. The van der Waals surface area contributed by atoms with E-state index in [2.05, 4.69) is 4.98 Å². The minimum atomic E-state index is -4.38. The molecule has 7 heteroatoms. The fraction of sp³-hybridized carbons (Fsp3) is 0.154. The standard InChI is InChI=1S/C13H11F3N2OS/c1-19-9-3-4-10(17)11(6-9)20-12-5-2-8(7-18-12)13(14,15)16/h2-7H,17H2,1H3. The first-order chi connectivity index (χ1) is 9.40. The summed E-state index contributed by atoms with van der Waals surface area (Å²) in [7, 11) is 1.52. The number of aromatic nitrogens is 1. The molecular formula is C13H11F3N2OS. The summed E-state index contributed by atoms with van der Waals surface area (Å²) in [6.45, 7) is 0. The van der Waals surface area contributed by atoms with Crippen LogP contribution >= 0.6 is 11.8 Å². The molecule has 1 aromatic heterocycles. The second kappa shape index (κ2) is 5.62. The van der Waals surface area contributed by atoms with E-state index in [9.17, 15) is 13.2 Å². The Labute approximate surface area is 118 Å². The molecule has 2 N–H and O–H groups in total. The molecule has 0 radical (unpaired) electrons. The molecule has 0 aliphatic heterocycles. The number of hydrogen-bond donors (Lipinski definition) is 1. The van der Waals surface area contributed by atoms with Crippen LogP contribution in [0, 0.1) is 0 Å². The number of pyridine rings is 1. The molecule has 0 unspecified atom stereocenters. The van der Waals surface area contributed by atoms with Gasteiger partial charge in [0.1, 0.15) is 10.8 Å². The lowest BCUT2D eigenvalue weighted by atomic mass is 10.3. The Morgan fingerprint density at radius 1 is 1.20 bits per heavy atom. The van der Waals surface area contributed by atoms with Gasteiger partial charge in [-0.25, -0.2) is 4.98 Å². The molecular weight excluding hydrogens is 289 g/mol. The van der Waals surface area contributed by atoms with Crippen LogP contribution in [0.3, 0.4) is 0 Å². The number of hydrogen-bond acceptors (Lipinski definition) is 4. The van der Waals surface area contributed by atoms with Crippen molar-refractivity contribution >= 4 is 17.4 Å². The van der Waals surface area contributed by atoms with E-state index in [0.717, 1.165) is 12.3 Å². The van der Waals surface area contributed by atoms with Gasteiger partial charge in [-0.3, -0.25) is 0 Å². The van der Waals surface area contributed by atoms with Gasteiger partial charge in [-0.05, 0) is 30.3 Å². The Kier molecular flexibility index (Phi) is 4.08. The van der Waals surface area contributed by atoms with Crippen molar-refractivity contribution < 1.29 is 17.9 Å². The number of methoxy groups -OCH3 is 1. The third-order valence-electron chi connectivity index (χ3n) is 2.50. The minimum absolute atomic E-state index is 0.429.